The van der Waals surface area contributed by atoms with Gasteiger partial charge in [0.1, 0.15) is 5.69 Å². The van der Waals surface area contributed by atoms with Gasteiger partial charge in [0.25, 0.3) is 5.91 Å². The Bertz CT molecular complexity index is 636. The number of amides is 1. The van der Waals surface area contributed by atoms with Crippen LogP contribution in [0.15, 0.2) is 36.5 Å². The second kappa shape index (κ2) is 5.16. The number of aromatic carboxylic acids is 1. The van der Waals surface area contributed by atoms with E-state index in [1.807, 2.05) is 0 Å². The van der Waals surface area contributed by atoms with Crippen molar-refractivity contribution in [2.24, 2.45) is 0 Å². The smallest absolute Gasteiger partial charge is 0.337 e. The third-order valence-corrected chi connectivity index (χ3v) is 2.90. The minimum absolute atomic E-state index is 0.0657. The number of rotatable bonds is 3. The van der Waals surface area contributed by atoms with Crippen molar-refractivity contribution in [1.29, 1.82) is 0 Å². The molecule has 5 nitrogen and oxygen atoms in total. The SMILES string of the molecule is CN(C(=O)c1cc(Cl)c[nH]1)c1ccccc1C(=O)O. The predicted molar refractivity (Wildman–Crippen MR) is 71.9 cm³/mol. The summed E-state index contributed by atoms with van der Waals surface area (Å²) in [5.41, 5.74) is 0.689. The molecule has 2 N–H and O–H groups in total. The molecule has 1 heterocycles. The van der Waals surface area contributed by atoms with E-state index in [-0.39, 0.29) is 11.5 Å². The topological polar surface area (TPSA) is 73.4 Å². The normalized spacial score (nSPS) is 10.2. The Morgan fingerprint density at radius 2 is 2.00 bits per heavy atom. The number of carbonyl (C=O) groups excluding carboxylic acids is 1. The average Bonchev–Trinajstić information content (AvgIpc) is 2.83. The van der Waals surface area contributed by atoms with Gasteiger partial charge in [-0.2, -0.15) is 0 Å². The minimum atomic E-state index is -1.08. The molecule has 0 aliphatic rings. The number of carboxylic acid groups (broad SMARTS) is 1. The maximum Gasteiger partial charge on any atom is 0.337 e. The molecule has 0 bridgehead atoms. The van der Waals surface area contributed by atoms with Crippen LogP contribution in [0.5, 0.6) is 0 Å². The zero-order chi connectivity index (χ0) is 14.0. The van der Waals surface area contributed by atoms with Crippen LogP contribution in [0.1, 0.15) is 20.8 Å². The van der Waals surface area contributed by atoms with Crippen LogP contribution in [-0.2, 0) is 0 Å². The first-order chi connectivity index (χ1) is 9.00. The molecule has 0 spiro atoms. The van der Waals surface area contributed by atoms with Gasteiger partial charge in [-0.25, -0.2) is 4.79 Å². The van der Waals surface area contributed by atoms with E-state index in [1.165, 1.54) is 30.3 Å². The highest BCUT2D eigenvalue weighted by Crippen LogP contribution is 2.21. The first-order valence-corrected chi connectivity index (χ1v) is 5.83. The van der Waals surface area contributed by atoms with Crippen molar-refractivity contribution in [2.75, 3.05) is 11.9 Å². The number of halogens is 1. The number of anilines is 1. The van der Waals surface area contributed by atoms with E-state index >= 15 is 0 Å². The maximum atomic E-state index is 12.2. The van der Waals surface area contributed by atoms with Gasteiger partial charge in [0, 0.05) is 13.2 Å². The standard InChI is InChI=1S/C13H11ClN2O3/c1-16(12(17)10-6-8(14)7-15-10)11-5-3-2-4-9(11)13(18)19/h2-7,15H,1H3,(H,18,19). The third kappa shape index (κ3) is 2.61. The molecular formula is C13H11ClN2O3. The van der Waals surface area contributed by atoms with E-state index in [4.69, 9.17) is 16.7 Å². The third-order valence-electron chi connectivity index (χ3n) is 2.68. The van der Waals surface area contributed by atoms with Gasteiger partial charge in [-0.05, 0) is 18.2 Å². The summed E-state index contributed by atoms with van der Waals surface area (Å²) in [6, 6.07) is 7.79. The van der Waals surface area contributed by atoms with Crippen LogP contribution < -0.4 is 4.90 Å². The molecule has 0 aliphatic heterocycles. The first kappa shape index (κ1) is 13.2. The van der Waals surface area contributed by atoms with Crippen molar-refractivity contribution in [3.8, 4) is 0 Å². The Morgan fingerprint density at radius 1 is 1.32 bits per heavy atom. The molecule has 2 rings (SSSR count). The lowest BCUT2D eigenvalue weighted by molar-refractivity contribution is 0.0697. The summed E-state index contributed by atoms with van der Waals surface area (Å²) >= 11 is 5.74. The van der Waals surface area contributed by atoms with Crippen molar-refractivity contribution < 1.29 is 14.7 Å². The Kier molecular flexibility index (Phi) is 3.57. The lowest BCUT2D eigenvalue weighted by Gasteiger charge is -2.18. The molecule has 98 valence electrons. The number of para-hydroxylation sites is 1. The van der Waals surface area contributed by atoms with Gasteiger partial charge >= 0.3 is 5.97 Å². The molecule has 0 radical (unpaired) electrons. The van der Waals surface area contributed by atoms with Crippen molar-refractivity contribution >= 4 is 29.2 Å². The fourth-order valence-electron chi connectivity index (χ4n) is 1.73. The van der Waals surface area contributed by atoms with Crippen LogP contribution >= 0.6 is 11.6 Å². The number of hydrogen-bond acceptors (Lipinski definition) is 2. The summed E-state index contributed by atoms with van der Waals surface area (Å²) in [7, 11) is 1.51. The molecule has 0 aliphatic carbocycles. The molecule has 0 fully saturated rings. The second-order valence-electron chi connectivity index (χ2n) is 3.92. The molecule has 0 unspecified atom stereocenters. The van der Waals surface area contributed by atoms with Crippen molar-refractivity contribution in [1.82, 2.24) is 4.98 Å². The molecule has 0 saturated carbocycles. The van der Waals surface area contributed by atoms with E-state index in [9.17, 15) is 9.59 Å². The van der Waals surface area contributed by atoms with Gasteiger partial charge < -0.3 is 15.0 Å². The monoisotopic (exact) mass is 278 g/mol. The highest BCUT2D eigenvalue weighted by atomic mass is 35.5. The van der Waals surface area contributed by atoms with Crippen LogP contribution in [0, 0.1) is 0 Å². The van der Waals surface area contributed by atoms with Gasteiger partial charge in [0.2, 0.25) is 0 Å². The molecule has 19 heavy (non-hydrogen) atoms. The highest BCUT2D eigenvalue weighted by Gasteiger charge is 2.19. The summed E-state index contributed by atoms with van der Waals surface area (Å²) in [6.45, 7) is 0. The zero-order valence-electron chi connectivity index (χ0n) is 10.1. The highest BCUT2D eigenvalue weighted by molar-refractivity contribution is 6.31. The maximum absolute atomic E-state index is 12.2. The zero-order valence-corrected chi connectivity index (χ0v) is 10.8. The lowest BCUT2D eigenvalue weighted by Crippen LogP contribution is -2.28. The lowest BCUT2D eigenvalue weighted by atomic mass is 10.1. The van der Waals surface area contributed by atoms with E-state index in [2.05, 4.69) is 4.98 Å². The Labute approximate surface area is 114 Å². The summed E-state index contributed by atoms with van der Waals surface area (Å²) in [5.74, 6) is -1.44. The summed E-state index contributed by atoms with van der Waals surface area (Å²) in [6.07, 6.45) is 1.49. The Hall–Kier alpha value is -2.27. The quantitative estimate of drug-likeness (QED) is 0.906. The number of aromatic nitrogens is 1. The largest absolute Gasteiger partial charge is 0.478 e. The van der Waals surface area contributed by atoms with Crippen molar-refractivity contribution in [3.63, 3.8) is 0 Å². The van der Waals surface area contributed by atoms with Crippen LogP contribution in [0.25, 0.3) is 0 Å². The molecule has 0 atom stereocenters. The molecule has 1 amide bonds. The van der Waals surface area contributed by atoms with Crippen molar-refractivity contribution in [2.45, 2.75) is 0 Å². The summed E-state index contributed by atoms with van der Waals surface area (Å²) in [4.78, 5) is 27.3. The number of nitrogens with zero attached hydrogens (tertiary/aromatic N) is 1. The van der Waals surface area contributed by atoms with Gasteiger partial charge in [-0.15, -0.1) is 0 Å². The van der Waals surface area contributed by atoms with Crippen LogP contribution in [0.4, 0.5) is 5.69 Å². The predicted octanol–water partition coefficient (Wildman–Crippen LogP) is 2.64. The molecule has 1 aromatic heterocycles. The Morgan fingerprint density at radius 3 is 2.58 bits per heavy atom. The van der Waals surface area contributed by atoms with Gasteiger partial charge in [-0.3, -0.25) is 4.79 Å². The molecule has 0 saturated heterocycles. The van der Waals surface area contributed by atoms with Crippen molar-refractivity contribution in [3.05, 3.63) is 52.8 Å². The van der Waals surface area contributed by atoms with E-state index < -0.39 is 5.97 Å². The van der Waals surface area contributed by atoms with Gasteiger partial charge in [0.05, 0.1) is 16.3 Å². The summed E-state index contributed by atoms with van der Waals surface area (Å²) in [5, 5.41) is 9.52. The number of hydrogen-bond donors (Lipinski definition) is 2. The van der Waals surface area contributed by atoms with Crippen LogP contribution in [-0.4, -0.2) is 29.0 Å². The number of nitrogens with one attached hydrogen (secondary N) is 1. The summed E-state index contributed by atoms with van der Waals surface area (Å²) < 4.78 is 0. The van der Waals surface area contributed by atoms with Crippen LogP contribution in [0.3, 0.4) is 0 Å². The number of carbonyl (C=O) groups is 2. The minimum Gasteiger partial charge on any atom is -0.478 e. The van der Waals surface area contributed by atoms with Crippen LogP contribution in [0.2, 0.25) is 5.02 Å². The molecule has 6 heteroatoms. The number of benzene rings is 1. The molecule has 1 aromatic carbocycles. The second-order valence-corrected chi connectivity index (χ2v) is 4.35. The average molecular weight is 279 g/mol. The van der Waals surface area contributed by atoms with Gasteiger partial charge in [0.15, 0.2) is 0 Å². The van der Waals surface area contributed by atoms with E-state index in [0.717, 1.165) is 0 Å². The molecule has 2 aromatic rings. The molecular weight excluding hydrogens is 268 g/mol. The fourth-order valence-corrected chi connectivity index (χ4v) is 1.89. The van der Waals surface area contributed by atoms with E-state index in [1.54, 1.807) is 18.2 Å². The number of carboxylic acids is 1. The Balaban J connectivity index is 2.37. The van der Waals surface area contributed by atoms with Gasteiger partial charge in [-0.1, -0.05) is 23.7 Å². The number of H-pyrrole nitrogens is 1. The number of aromatic amines is 1. The first-order valence-electron chi connectivity index (χ1n) is 5.45. The fraction of sp³-hybridized carbons (Fsp3) is 0.0769. The van der Waals surface area contributed by atoms with E-state index in [0.29, 0.717) is 16.4 Å².